The third kappa shape index (κ3) is 4.16. The van der Waals surface area contributed by atoms with Crippen LogP contribution in [0.5, 0.6) is 0 Å². The van der Waals surface area contributed by atoms with Crippen LogP contribution in [0.2, 0.25) is 0 Å². The number of hydrogen-bond acceptors (Lipinski definition) is 3. The summed E-state index contributed by atoms with van der Waals surface area (Å²) in [7, 11) is 0. The third-order valence-corrected chi connectivity index (χ3v) is 4.03. The normalized spacial score (nSPS) is 12.4. The van der Waals surface area contributed by atoms with Crippen molar-refractivity contribution in [1.29, 1.82) is 0 Å². The fourth-order valence-electron chi connectivity index (χ4n) is 2.64. The Morgan fingerprint density at radius 1 is 1.15 bits per heavy atom. The molecule has 2 aromatic carbocycles. The van der Waals surface area contributed by atoms with E-state index >= 15 is 0 Å². The molecule has 0 aliphatic rings. The van der Waals surface area contributed by atoms with Crippen molar-refractivity contribution >= 4 is 22.7 Å². The zero-order valence-electron chi connectivity index (χ0n) is 14.7. The molecule has 5 nitrogen and oxygen atoms in total. The number of para-hydroxylation sites is 2. The van der Waals surface area contributed by atoms with Gasteiger partial charge in [0.1, 0.15) is 6.54 Å². The Hall–Kier alpha value is -3.16. The number of rotatable bonds is 4. The zero-order valence-corrected chi connectivity index (χ0v) is 14.7. The average Bonchev–Trinajstić information content (AvgIpc) is 2.99. The van der Waals surface area contributed by atoms with Crippen molar-refractivity contribution in [1.82, 2.24) is 15.0 Å². The number of benzene rings is 2. The lowest BCUT2D eigenvalue weighted by Gasteiger charge is -2.10. The molecule has 3 aromatic rings. The van der Waals surface area contributed by atoms with Gasteiger partial charge in [0.25, 0.3) is 5.91 Å². The first-order valence-corrected chi connectivity index (χ1v) is 8.18. The molecular weight excluding hydrogens is 357 g/mol. The molecule has 1 N–H and O–H groups in total. The standard InChI is InChI=1S/C19H17F3N4O/c1-12-7-9-14(10-8-12)13(2)24-25-17(27)11-26-16-6-4-3-5-15(16)23-18(26)19(20,21)22/h3-10H,11H2,1-2H3,(H,25,27)/b24-13+. The second-order valence-electron chi connectivity index (χ2n) is 6.11. The smallest absolute Gasteiger partial charge is 0.311 e. The van der Waals surface area contributed by atoms with Crippen LogP contribution in [0, 0.1) is 6.92 Å². The van der Waals surface area contributed by atoms with E-state index in [1.165, 1.54) is 12.1 Å². The van der Waals surface area contributed by atoms with E-state index in [2.05, 4.69) is 15.5 Å². The molecule has 0 saturated heterocycles. The summed E-state index contributed by atoms with van der Waals surface area (Å²) < 4.78 is 40.6. The largest absolute Gasteiger partial charge is 0.449 e. The zero-order chi connectivity index (χ0) is 19.6. The van der Waals surface area contributed by atoms with Crippen LogP contribution in [0.1, 0.15) is 23.9 Å². The molecular formula is C19H17F3N4O. The number of carbonyl (C=O) groups is 1. The van der Waals surface area contributed by atoms with Gasteiger partial charge in [-0.2, -0.15) is 18.3 Å². The highest BCUT2D eigenvalue weighted by atomic mass is 19.4. The van der Waals surface area contributed by atoms with Gasteiger partial charge in [-0.25, -0.2) is 10.4 Å². The molecule has 0 aliphatic carbocycles. The van der Waals surface area contributed by atoms with E-state index in [4.69, 9.17) is 0 Å². The number of nitrogens with zero attached hydrogens (tertiary/aromatic N) is 3. The maximum Gasteiger partial charge on any atom is 0.449 e. The van der Waals surface area contributed by atoms with Gasteiger partial charge in [-0.3, -0.25) is 4.79 Å². The summed E-state index contributed by atoms with van der Waals surface area (Å²) in [6, 6.07) is 13.7. The monoisotopic (exact) mass is 374 g/mol. The van der Waals surface area contributed by atoms with E-state index < -0.39 is 24.5 Å². The van der Waals surface area contributed by atoms with Crippen molar-refractivity contribution in [2.45, 2.75) is 26.6 Å². The molecule has 3 rings (SSSR count). The second-order valence-corrected chi connectivity index (χ2v) is 6.11. The molecule has 140 valence electrons. The van der Waals surface area contributed by atoms with Crippen LogP contribution < -0.4 is 5.43 Å². The minimum Gasteiger partial charge on any atom is -0.311 e. The van der Waals surface area contributed by atoms with Crippen molar-refractivity contribution in [2.24, 2.45) is 5.10 Å². The number of hydrazone groups is 1. The van der Waals surface area contributed by atoms with Crippen LogP contribution in [0.3, 0.4) is 0 Å². The number of fused-ring (bicyclic) bond motifs is 1. The van der Waals surface area contributed by atoms with Gasteiger partial charge in [0, 0.05) is 0 Å². The van der Waals surface area contributed by atoms with E-state index in [0.29, 0.717) is 5.71 Å². The van der Waals surface area contributed by atoms with Crippen LogP contribution in [0.25, 0.3) is 11.0 Å². The Kier molecular flexibility index (Phi) is 4.98. The topological polar surface area (TPSA) is 59.3 Å². The van der Waals surface area contributed by atoms with Crippen LogP contribution in [-0.4, -0.2) is 21.2 Å². The molecule has 8 heteroatoms. The van der Waals surface area contributed by atoms with E-state index in [1.54, 1.807) is 19.1 Å². The first-order valence-electron chi connectivity index (χ1n) is 8.18. The van der Waals surface area contributed by atoms with Crippen molar-refractivity contribution in [3.63, 3.8) is 0 Å². The Bertz CT molecular complexity index is 1000. The molecule has 0 fully saturated rings. The predicted octanol–water partition coefficient (Wildman–Crippen LogP) is 3.90. The van der Waals surface area contributed by atoms with Gasteiger partial charge in [0.15, 0.2) is 0 Å². The Morgan fingerprint density at radius 2 is 1.81 bits per heavy atom. The van der Waals surface area contributed by atoms with Crippen LogP contribution in [0.4, 0.5) is 13.2 Å². The molecule has 0 bridgehead atoms. The minimum atomic E-state index is -4.67. The fraction of sp³-hybridized carbons (Fsp3) is 0.211. The predicted molar refractivity (Wildman–Crippen MR) is 96.3 cm³/mol. The summed E-state index contributed by atoms with van der Waals surface area (Å²) in [4.78, 5) is 15.8. The van der Waals surface area contributed by atoms with Gasteiger partial charge < -0.3 is 4.57 Å². The van der Waals surface area contributed by atoms with Crippen LogP contribution in [-0.2, 0) is 17.5 Å². The van der Waals surface area contributed by atoms with Gasteiger partial charge in [-0.15, -0.1) is 0 Å². The summed E-state index contributed by atoms with van der Waals surface area (Å²) in [5.41, 5.74) is 5.17. The Balaban J connectivity index is 1.82. The molecule has 0 saturated carbocycles. The SMILES string of the molecule is C/C(=N\NC(=O)Cn1c(C(F)(F)F)nc2ccccc21)c1ccc(C)cc1. The molecule has 0 radical (unpaired) electrons. The number of alkyl halides is 3. The lowest BCUT2D eigenvalue weighted by molar-refractivity contribution is -0.147. The minimum absolute atomic E-state index is 0.178. The number of amides is 1. The number of aryl methyl sites for hydroxylation is 1. The van der Waals surface area contributed by atoms with Crippen molar-refractivity contribution < 1.29 is 18.0 Å². The number of halogens is 3. The van der Waals surface area contributed by atoms with Gasteiger partial charge in [-0.1, -0.05) is 42.0 Å². The molecule has 0 atom stereocenters. The van der Waals surface area contributed by atoms with Crippen molar-refractivity contribution in [2.75, 3.05) is 0 Å². The van der Waals surface area contributed by atoms with E-state index in [1.807, 2.05) is 31.2 Å². The summed E-state index contributed by atoms with van der Waals surface area (Å²) in [5.74, 6) is -1.78. The third-order valence-electron chi connectivity index (χ3n) is 4.03. The van der Waals surface area contributed by atoms with E-state index in [-0.39, 0.29) is 11.0 Å². The highest BCUT2D eigenvalue weighted by molar-refractivity contribution is 5.99. The summed E-state index contributed by atoms with van der Waals surface area (Å²) in [6.07, 6.45) is -4.67. The molecule has 1 aromatic heterocycles. The molecule has 1 amide bonds. The first-order chi connectivity index (χ1) is 12.8. The van der Waals surface area contributed by atoms with Crippen molar-refractivity contribution in [3.05, 3.63) is 65.5 Å². The summed E-state index contributed by atoms with van der Waals surface area (Å²) in [6.45, 7) is 3.12. The lowest BCUT2D eigenvalue weighted by atomic mass is 10.1. The van der Waals surface area contributed by atoms with Crippen LogP contribution in [0.15, 0.2) is 53.6 Å². The second kappa shape index (κ2) is 7.22. The molecule has 0 unspecified atom stereocenters. The Morgan fingerprint density at radius 3 is 2.48 bits per heavy atom. The molecule has 1 heterocycles. The number of nitrogens with one attached hydrogen (secondary N) is 1. The quantitative estimate of drug-likeness (QED) is 0.556. The maximum atomic E-state index is 13.3. The van der Waals surface area contributed by atoms with Crippen molar-refractivity contribution in [3.8, 4) is 0 Å². The van der Waals surface area contributed by atoms with Gasteiger partial charge in [-0.05, 0) is 31.5 Å². The van der Waals surface area contributed by atoms with Crippen LogP contribution >= 0.6 is 0 Å². The maximum absolute atomic E-state index is 13.3. The van der Waals surface area contributed by atoms with Gasteiger partial charge in [0.05, 0.1) is 16.7 Å². The Labute approximate surface area is 153 Å². The number of hydrogen-bond donors (Lipinski definition) is 1. The van der Waals surface area contributed by atoms with Gasteiger partial charge >= 0.3 is 6.18 Å². The number of carbonyl (C=O) groups excluding carboxylic acids is 1. The highest BCUT2D eigenvalue weighted by Crippen LogP contribution is 2.31. The van der Waals surface area contributed by atoms with E-state index in [9.17, 15) is 18.0 Å². The first kappa shape index (κ1) is 18.6. The summed E-state index contributed by atoms with van der Waals surface area (Å²) >= 11 is 0. The van der Waals surface area contributed by atoms with Gasteiger partial charge in [0.2, 0.25) is 5.82 Å². The summed E-state index contributed by atoms with van der Waals surface area (Å²) in [5, 5.41) is 3.98. The highest BCUT2D eigenvalue weighted by Gasteiger charge is 2.37. The lowest BCUT2D eigenvalue weighted by Crippen LogP contribution is -2.27. The number of imidazole rings is 1. The molecule has 0 spiro atoms. The van der Waals surface area contributed by atoms with E-state index in [0.717, 1.165) is 15.7 Å². The molecule has 27 heavy (non-hydrogen) atoms. The number of aromatic nitrogens is 2. The average molecular weight is 374 g/mol. The molecule has 0 aliphatic heterocycles. The fourth-order valence-corrected chi connectivity index (χ4v) is 2.64.